The van der Waals surface area contributed by atoms with Gasteiger partial charge in [-0.1, -0.05) is 92.5 Å². The van der Waals surface area contributed by atoms with Gasteiger partial charge in [0.2, 0.25) is 0 Å². The molecule has 0 aliphatic rings. The minimum absolute atomic E-state index is 0.897. The van der Waals surface area contributed by atoms with Crippen LogP contribution >= 0.6 is 31.9 Å². The lowest BCUT2D eigenvalue weighted by Gasteiger charge is -1.99. The third kappa shape index (κ3) is 3.82. The lowest BCUT2D eigenvalue weighted by molar-refractivity contribution is 1.42. The highest BCUT2D eigenvalue weighted by atomic mass is 79.9. The monoisotopic (exact) mass is 364 g/mol. The molecule has 0 N–H and O–H groups in total. The fourth-order valence-electron chi connectivity index (χ4n) is 1.75. The molecular formula is C16H14Br2. The van der Waals surface area contributed by atoms with Crippen LogP contribution in [0.25, 0.3) is 12.2 Å². The Morgan fingerprint density at radius 3 is 1.56 bits per heavy atom. The van der Waals surface area contributed by atoms with Crippen LogP contribution in [0.1, 0.15) is 22.3 Å². The van der Waals surface area contributed by atoms with Crippen molar-refractivity contribution in [2.75, 3.05) is 0 Å². The Labute approximate surface area is 125 Å². The number of halogens is 2. The maximum Gasteiger partial charge on any atom is 0.0283 e. The zero-order valence-electron chi connectivity index (χ0n) is 9.94. The molecule has 0 aliphatic heterocycles. The van der Waals surface area contributed by atoms with E-state index in [-0.39, 0.29) is 0 Å². The van der Waals surface area contributed by atoms with Crippen molar-refractivity contribution >= 4 is 44.0 Å². The predicted octanol–water partition coefficient (Wildman–Crippen LogP) is 5.65. The van der Waals surface area contributed by atoms with Crippen LogP contribution in [0.3, 0.4) is 0 Å². The van der Waals surface area contributed by atoms with Crippen LogP contribution in [0.4, 0.5) is 0 Å². The predicted molar refractivity (Wildman–Crippen MR) is 87.1 cm³/mol. The van der Waals surface area contributed by atoms with Gasteiger partial charge in [-0.05, 0) is 22.3 Å². The second kappa shape index (κ2) is 6.91. The van der Waals surface area contributed by atoms with Gasteiger partial charge in [-0.25, -0.2) is 0 Å². The van der Waals surface area contributed by atoms with Crippen molar-refractivity contribution in [2.45, 2.75) is 10.7 Å². The summed E-state index contributed by atoms with van der Waals surface area (Å²) < 4.78 is 0. The van der Waals surface area contributed by atoms with E-state index in [1.807, 2.05) is 0 Å². The first-order chi connectivity index (χ1) is 8.81. The summed E-state index contributed by atoms with van der Waals surface area (Å²) in [6, 6.07) is 17.1. The molecule has 0 saturated carbocycles. The van der Waals surface area contributed by atoms with E-state index in [2.05, 4.69) is 92.5 Å². The molecule has 2 rings (SSSR count). The van der Waals surface area contributed by atoms with Gasteiger partial charge in [0.25, 0.3) is 0 Å². The van der Waals surface area contributed by atoms with Gasteiger partial charge < -0.3 is 0 Å². The van der Waals surface area contributed by atoms with E-state index in [4.69, 9.17) is 0 Å². The van der Waals surface area contributed by atoms with Gasteiger partial charge in [0.05, 0.1) is 0 Å². The minimum atomic E-state index is 0.897. The fraction of sp³-hybridized carbons (Fsp3) is 0.125. The van der Waals surface area contributed by atoms with Crippen molar-refractivity contribution < 1.29 is 0 Å². The first-order valence-corrected chi connectivity index (χ1v) is 8.04. The first-order valence-electron chi connectivity index (χ1n) is 5.80. The van der Waals surface area contributed by atoms with E-state index in [0.717, 1.165) is 10.7 Å². The van der Waals surface area contributed by atoms with E-state index < -0.39 is 0 Å². The molecule has 0 spiro atoms. The summed E-state index contributed by atoms with van der Waals surface area (Å²) in [6.07, 6.45) is 4.30. The Morgan fingerprint density at radius 1 is 0.722 bits per heavy atom. The van der Waals surface area contributed by atoms with Gasteiger partial charge in [-0.2, -0.15) is 0 Å². The molecule has 0 atom stereocenters. The summed E-state index contributed by atoms with van der Waals surface area (Å²) in [4.78, 5) is 0. The van der Waals surface area contributed by atoms with E-state index in [0.29, 0.717) is 0 Å². The van der Waals surface area contributed by atoms with Crippen LogP contribution in [0.5, 0.6) is 0 Å². The standard InChI is InChI=1S/C16H14Br2/c17-11-15-5-1-3-13(9-15)7-8-14-4-2-6-16(10-14)12-18/h1-10H,11-12H2. The molecule has 0 aromatic heterocycles. The average Bonchev–Trinajstić information content (AvgIpc) is 2.45. The molecule has 0 fully saturated rings. The summed E-state index contributed by atoms with van der Waals surface area (Å²) >= 11 is 6.95. The van der Waals surface area contributed by atoms with Gasteiger partial charge in [-0.15, -0.1) is 0 Å². The summed E-state index contributed by atoms with van der Waals surface area (Å²) in [7, 11) is 0. The molecule has 0 bridgehead atoms. The lowest BCUT2D eigenvalue weighted by Crippen LogP contribution is -1.80. The van der Waals surface area contributed by atoms with Gasteiger partial charge >= 0.3 is 0 Å². The molecule has 0 radical (unpaired) electrons. The Morgan fingerprint density at radius 2 is 1.17 bits per heavy atom. The quantitative estimate of drug-likeness (QED) is 0.485. The third-order valence-corrected chi connectivity index (χ3v) is 3.97. The molecule has 2 aromatic carbocycles. The summed E-state index contributed by atoms with van der Waals surface area (Å²) in [5.41, 5.74) is 5.06. The smallest absolute Gasteiger partial charge is 0.0283 e. The van der Waals surface area contributed by atoms with Gasteiger partial charge in [-0.3, -0.25) is 0 Å². The van der Waals surface area contributed by atoms with Crippen molar-refractivity contribution in [1.82, 2.24) is 0 Å². The minimum Gasteiger partial charge on any atom is -0.0876 e. The SMILES string of the molecule is BrCc1cccc(C=Cc2cccc(CBr)c2)c1. The topological polar surface area (TPSA) is 0 Å². The second-order valence-electron chi connectivity index (χ2n) is 4.09. The molecule has 18 heavy (non-hydrogen) atoms. The highest BCUT2D eigenvalue weighted by molar-refractivity contribution is 9.08. The summed E-state index contributed by atoms with van der Waals surface area (Å²) in [5.74, 6) is 0. The molecule has 0 unspecified atom stereocenters. The van der Waals surface area contributed by atoms with Crippen LogP contribution in [-0.2, 0) is 10.7 Å². The second-order valence-corrected chi connectivity index (χ2v) is 5.21. The van der Waals surface area contributed by atoms with Gasteiger partial charge in [0.15, 0.2) is 0 Å². The molecule has 0 nitrogen and oxygen atoms in total. The maximum absolute atomic E-state index is 3.48. The van der Waals surface area contributed by atoms with E-state index in [1.54, 1.807) is 0 Å². The summed E-state index contributed by atoms with van der Waals surface area (Å²) in [6.45, 7) is 0. The number of hydrogen-bond donors (Lipinski definition) is 0. The number of alkyl halides is 2. The molecule has 0 amide bonds. The van der Waals surface area contributed by atoms with E-state index in [1.165, 1.54) is 22.3 Å². The van der Waals surface area contributed by atoms with E-state index >= 15 is 0 Å². The highest BCUT2D eigenvalue weighted by Gasteiger charge is 1.93. The number of rotatable bonds is 4. The molecule has 0 saturated heterocycles. The molecule has 2 heteroatoms. The molecule has 2 aromatic rings. The largest absolute Gasteiger partial charge is 0.0876 e. The van der Waals surface area contributed by atoms with Crippen molar-refractivity contribution in [2.24, 2.45) is 0 Å². The van der Waals surface area contributed by atoms with Crippen molar-refractivity contribution in [3.8, 4) is 0 Å². The van der Waals surface area contributed by atoms with Crippen LogP contribution in [-0.4, -0.2) is 0 Å². The zero-order valence-corrected chi connectivity index (χ0v) is 13.1. The van der Waals surface area contributed by atoms with Crippen molar-refractivity contribution in [1.29, 1.82) is 0 Å². The Kier molecular flexibility index (Phi) is 5.21. The van der Waals surface area contributed by atoms with Crippen LogP contribution in [0.2, 0.25) is 0 Å². The molecule has 0 aliphatic carbocycles. The Hall–Kier alpha value is -0.860. The Balaban J connectivity index is 2.18. The van der Waals surface area contributed by atoms with Crippen molar-refractivity contribution in [3.63, 3.8) is 0 Å². The summed E-state index contributed by atoms with van der Waals surface area (Å²) in [5, 5.41) is 1.79. The highest BCUT2D eigenvalue weighted by Crippen LogP contribution is 2.14. The zero-order chi connectivity index (χ0) is 12.8. The van der Waals surface area contributed by atoms with E-state index in [9.17, 15) is 0 Å². The van der Waals surface area contributed by atoms with Crippen LogP contribution in [0.15, 0.2) is 48.5 Å². The van der Waals surface area contributed by atoms with Gasteiger partial charge in [0.1, 0.15) is 0 Å². The van der Waals surface area contributed by atoms with Crippen molar-refractivity contribution in [3.05, 3.63) is 70.8 Å². The number of benzene rings is 2. The number of hydrogen-bond acceptors (Lipinski definition) is 0. The molecule has 92 valence electrons. The maximum atomic E-state index is 3.48. The molecule has 0 heterocycles. The molecular weight excluding hydrogens is 352 g/mol. The average molecular weight is 366 g/mol. The third-order valence-electron chi connectivity index (χ3n) is 2.68. The lowest BCUT2D eigenvalue weighted by atomic mass is 10.1. The normalized spacial score (nSPS) is 11.0. The van der Waals surface area contributed by atoms with Gasteiger partial charge in [0, 0.05) is 10.7 Å². The van der Waals surface area contributed by atoms with Crippen LogP contribution in [0, 0.1) is 0 Å². The first kappa shape index (κ1) is 13.6. The van der Waals surface area contributed by atoms with Crippen LogP contribution < -0.4 is 0 Å². The fourth-order valence-corrected chi connectivity index (χ4v) is 2.45. The Bertz CT molecular complexity index is 495.